The predicted molar refractivity (Wildman–Crippen MR) is 114 cm³/mol. The first kappa shape index (κ1) is 20.3. The van der Waals surface area contributed by atoms with Crippen molar-refractivity contribution in [2.24, 2.45) is 13.0 Å². The molecule has 3 fully saturated rings. The second kappa shape index (κ2) is 7.70. The third-order valence-corrected chi connectivity index (χ3v) is 6.66. The predicted octanol–water partition coefficient (Wildman–Crippen LogP) is 2.79. The molecule has 3 aliphatic rings. The van der Waals surface area contributed by atoms with Gasteiger partial charge in [-0.1, -0.05) is 18.5 Å². The van der Waals surface area contributed by atoms with Gasteiger partial charge in [0.15, 0.2) is 5.82 Å². The highest BCUT2D eigenvalue weighted by atomic mass is 35.5. The van der Waals surface area contributed by atoms with Crippen LogP contribution in [0.4, 0.5) is 10.5 Å². The Morgan fingerprint density at radius 1 is 1.41 bits per heavy atom. The SMILES string of the molecule is C[C@H]1CC2C[C@](CNS(C)=O)(C1)N2C(=O)Nc1ccc(Cl)c(-c2ncn(C)n2)c1. The Balaban J connectivity index is 1.54. The van der Waals surface area contributed by atoms with E-state index in [-0.39, 0.29) is 17.6 Å². The highest BCUT2D eigenvalue weighted by Crippen LogP contribution is 2.49. The van der Waals surface area contributed by atoms with Crippen molar-refractivity contribution in [2.75, 3.05) is 18.1 Å². The van der Waals surface area contributed by atoms with E-state index in [2.05, 4.69) is 27.0 Å². The molecule has 0 radical (unpaired) electrons. The standard InChI is InChI=1S/C19H25ClN6O2S/c1-12-6-14-9-19(8-12,10-22-29(3)28)26(14)18(27)23-13-4-5-16(20)15(7-13)17-21-11-25(2)24-17/h4-5,7,11-12,14,22H,6,8-10H2,1-3H3,(H,23,27)/t12-,14?,19-,29?/m0/s1. The van der Waals surface area contributed by atoms with Gasteiger partial charge in [0.25, 0.3) is 0 Å². The summed E-state index contributed by atoms with van der Waals surface area (Å²) in [5, 5.41) is 7.82. The molecular weight excluding hydrogens is 412 g/mol. The molecule has 0 spiro atoms. The third kappa shape index (κ3) is 3.91. The average molecular weight is 437 g/mol. The summed E-state index contributed by atoms with van der Waals surface area (Å²) < 4.78 is 16.2. The molecule has 3 heterocycles. The van der Waals surface area contributed by atoms with E-state index in [4.69, 9.17) is 11.6 Å². The van der Waals surface area contributed by atoms with E-state index in [1.807, 2.05) is 4.90 Å². The van der Waals surface area contributed by atoms with Crippen LogP contribution < -0.4 is 10.0 Å². The number of benzene rings is 1. The minimum Gasteiger partial charge on any atom is -0.314 e. The number of fused-ring (bicyclic) bond motifs is 2. The number of nitrogens with zero attached hydrogens (tertiary/aromatic N) is 4. The molecule has 2 N–H and O–H groups in total. The molecule has 4 atom stereocenters. The van der Waals surface area contributed by atoms with E-state index in [0.717, 1.165) is 19.3 Å². The van der Waals surface area contributed by atoms with E-state index in [1.54, 1.807) is 42.5 Å². The monoisotopic (exact) mass is 436 g/mol. The zero-order valence-electron chi connectivity index (χ0n) is 16.7. The van der Waals surface area contributed by atoms with Crippen molar-refractivity contribution < 1.29 is 9.00 Å². The first-order chi connectivity index (χ1) is 13.8. The van der Waals surface area contributed by atoms with Gasteiger partial charge in [-0.3, -0.25) is 4.68 Å². The maximum atomic E-state index is 13.1. The fourth-order valence-corrected chi connectivity index (χ4v) is 5.41. The molecule has 1 aromatic heterocycles. The summed E-state index contributed by atoms with van der Waals surface area (Å²) in [4.78, 5) is 19.3. The maximum Gasteiger partial charge on any atom is 0.322 e. The van der Waals surface area contributed by atoms with Crippen LogP contribution in [0.5, 0.6) is 0 Å². The Morgan fingerprint density at radius 3 is 2.90 bits per heavy atom. The first-order valence-electron chi connectivity index (χ1n) is 9.60. The van der Waals surface area contributed by atoms with E-state index in [9.17, 15) is 9.00 Å². The van der Waals surface area contributed by atoms with Crippen molar-refractivity contribution in [3.63, 3.8) is 0 Å². The average Bonchev–Trinajstić information content (AvgIpc) is 3.07. The molecule has 1 aromatic carbocycles. The van der Waals surface area contributed by atoms with Gasteiger partial charge in [0, 0.05) is 37.1 Å². The fourth-order valence-electron chi connectivity index (χ4n) is 4.74. The van der Waals surface area contributed by atoms with E-state index < -0.39 is 11.0 Å². The molecule has 2 bridgehead atoms. The number of rotatable bonds is 5. The molecule has 156 valence electrons. The Morgan fingerprint density at radius 2 is 2.21 bits per heavy atom. The quantitative estimate of drug-likeness (QED) is 0.753. The second-order valence-electron chi connectivity index (χ2n) is 8.14. The van der Waals surface area contributed by atoms with Crippen LogP contribution in [-0.4, -0.2) is 54.3 Å². The lowest BCUT2D eigenvalue weighted by Crippen LogP contribution is -2.75. The van der Waals surface area contributed by atoms with Gasteiger partial charge in [-0.25, -0.2) is 18.7 Å². The van der Waals surface area contributed by atoms with E-state index >= 15 is 0 Å². The first-order valence-corrected chi connectivity index (χ1v) is 11.5. The van der Waals surface area contributed by atoms with Crippen molar-refractivity contribution in [2.45, 2.75) is 37.8 Å². The van der Waals surface area contributed by atoms with Crippen LogP contribution in [0.1, 0.15) is 26.2 Å². The minimum absolute atomic E-state index is 0.140. The zero-order chi connectivity index (χ0) is 20.8. The summed E-state index contributed by atoms with van der Waals surface area (Å²) in [6, 6.07) is 5.38. The number of urea groups is 1. The highest BCUT2D eigenvalue weighted by Gasteiger charge is 2.58. The summed E-state index contributed by atoms with van der Waals surface area (Å²) >= 11 is 6.32. The summed E-state index contributed by atoms with van der Waals surface area (Å²) in [6.07, 6.45) is 6.07. The van der Waals surface area contributed by atoms with Crippen LogP contribution in [0.25, 0.3) is 11.4 Å². The van der Waals surface area contributed by atoms with Crippen LogP contribution in [0, 0.1) is 5.92 Å². The third-order valence-electron chi connectivity index (χ3n) is 5.78. The van der Waals surface area contributed by atoms with Gasteiger partial charge in [0.05, 0.1) is 21.5 Å². The molecule has 2 unspecified atom stereocenters. The molecule has 1 saturated carbocycles. The highest BCUT2D eigenvalue weighted by molar-refractivity contribution is 7.82. The topological polar surface area (TPSA) is 92.2 Å². The lowest BCUT2D eigenvalue weighted by Gasteiger charge is -2.63. The molecule has 10 heteroatoms. The number of anilines is 1. The van der Waals surface area contributed by atoms with Crippen molar-refractivity contribution >= 4 is 34.3 Å². The van der Waals surface area contributed by atoms with Crippen LogP contribution in [0.2, 0.25) is 5.02 Å². The second-order valence-corrected chi connectivity index (χ2v) is 9.74. The molecule has 29 heavy (non-hydrogen) atoms. The van der Waals surface area contributed by atoms with Crippen molar-refractivity contribution in [3.8, 4) is 11.4 Å². The minimum atomic E-state index is -1.11. The Kier molecular flexibility index (Phi) is 5.39. The van der Waals surface area contributed by atoms with Gasteiger partial charge in [0.2, 0.25) is 0 Å². The summed E-state index contributed by atoms with van der Waals surface area (Å²) in [5.74, 6) is 1.05. The molecule has 2 amide bonds. The molecule has 2 saturated heterocycles. The number of amides is 2. The Labute approximate surface area is 177 Å². The number of carbonyl (C=O) groups is 1. The summed E-state index contributed by atoms with van der Waals surface area (Å²) in [7, 11) is 0.678. The number of hydrogen-bond donors (Lipinski definition) is 2. The number of piperidine rings is 1. The van der Waals surface area contributed by atoms with Gasteiger partial charge in [-0.2, -0.15) is 5.10 Å². The van der Waals surface area contributed by atoms with Crippen molar-refractivity contribution in [1.29, 1.82) is 0 Å². The number of carbonyl (C=O) groups excluding carboxylic acids is 1. The Bertz CT molecular complexity index is 966. The zero-order valence-corrected chi connectivity index (χ0v) is 18.3. The summed E-state index contributed by atoms with van der Waals surface area (Å²) in [5.41, 5.74) is 1.03. The lowest BCUT2D eigenvalue weighted by molar-refractivity contribution is -0.0850. The molecule has 2 aliphatic heterocycles. The number of nitrogens with one attached hydrogen (secondary N) is 2. The van der Waals surface area contributed by atoms with Gasteiger partial charge in [-0.15, -0.1) is 0 Å². The smallest absolute Gasteiger partial charge is 0.314 e. The van der Waals surface area contributed by atoms with Gasteiger partial charge in [-0.05, 0) is 43.4 Å². The van der Waals surface area contributed by atoms with E-state index in [1.165, 1.54) is 0 Å². The van der Waals surface area contributed by atoms with Gasteiger partial charge >= 0.3 is 6.03 Å². The molecule has 2 aromatic rings. The van der Waals surface area contributed by atoms with E-state index in [0.29, 0.717) is 34.6 Å². The molecule has 1 aliphatic carbocycles. The normalized spacial score (nSPS) is 26.7. The number of hydrogen-bond acceptors (Lipinski definition) is 4. The van der Waals surface area contributed by atoms with Crippen molar-refractivity contribution in [1.82, 2.24) is 24.4 Å². The fraction of sp³-hybridized carbons (Fsp3) is 0.526. The van der Waals surface area contributed by atoms with Crippen molar-refractivity contribution in [3.05, 3.63) is 29.5 Å². The van der Waals surface area contributed by atoms with Gasteiger partial charge < -0.3 is 10.2 Å². The molecular formula is C19H25ClN6O2S. The van der Waals surface area contributed by atoms with Crippen LogP contribution in [0.15, 0.2) is 24.5 Å². The van der Waals surface area contributed by atoms with Crippen LogP contribution >= 0.6 is 11.6 Å². The van der Waals surface area contributed by atoms with Crippen LogP contribution in [-0.2, 0) is 18.0 Å². The Hall–Kier alpha value is -1.97. The number of aromatic nitrogens is 3. The maximum absolute atomic E-state index is 13.1. The molecule has 5 rings (SSSR count). The lowest BCUT2D eigenvalue weighted by atomic mass is 9.64. The summed E-state index contributed by atoms with van der Waals surface area (Å²) in [6.45, 7) is 2.75. The molecule has 8 nitrogen and oxygen atoms in total. The number of halogens is 1. The van der Waals surface area contributed by atoms with Gasteiger partial charge in [0.1, 0.15) is 6.33 Å². The number of aryl methyl sites for hydroxylation is 1. The largest absolute Gasteiger partial charge is 0.322 e. The van der Waals surface area contributed by atoms with Crippen LogP contribution in [0.3, 0.4) is 0 Å².